The fourth-order valence-corrected chi connectivity index (χ4v) is 2.52. The van der Waals surface area contributed by atoms with Gasteiger partial charge in [0, 0.05) is 12.0 Å². The van der Waals surface area contributed by atoms with E-state index in [2.05, 4.69) is 18.9 Å². The van der Waals surface area contributed by atoms with Crippen molar-refractivity contribution in [1.82, 2.24) is 9.78 Å². The van der Waals surface area contributed by atoms with Crippen molar-refractivity contribution in [2.24, 2.45) is 0 Å². The van der Waals surface area contributed by atoms with Crippen LogP contribution in [-0.4, -0.2) is 28.1 Å². The molecule has 1 fully saturated rings. The third kappa shape index (κ3) is 1.94. The highest BCUT2D eigenvalue weighted by molar-refractivity contribution is 5.30. The fraction of sp³-hybridized carbons (Fsp3) is 0.750. The van der Waals surface area contributed by atoms with Gasteiger partial charge in [0.2, 0.25) is 0 Å². The molecule has 1 aromatic heterocycles. The van der Waals surface area contributed by atoms with E-state index in [1.54, 1.807) is 13.3 Å². The van der Waals surface area contributed by atoms with Crippen molar-refractivity contribution in [2.75, 3.05) is 7.11 Å². The number of methoxy groups -OCH3 is 1. The highest BCUT2D eigenvalue weighted by atomic mass is 16.5. The monoisotopic (exact) mass is 224 g/mol. The molecule has 0 aliphatic heterocycles. The summed E-state index contributed by atoms with van der Waals surface area (Å²) < 4.78 is 7.37. The summed E-state index contributed by atoms with van der Waals surface area (Å²) >= 11 is 0. The lowest BCUT2D eigenvalue weighted by atomic mass is 10.0. The van der Waals surface area contributed by atoms with Crippen LogP contribution in [0.2, 0.25) is 0 Å². The topological polar surface area (TPSA) is 47.3 Å². The molecular weight excluding hydrogens is 204 g/mol. The van der Waals surface area contributed by atoms with E-state index < -0.39 is 0 Å². The summed E-state index contributed by atoms with van der Waals surface area (Å²) in [5, 5.41) is 14.0. The van der Waals surface area contributed by atoms with Gasteiger partial charge in [0.25, 0.3) is 0 Å². The molecule has 2 rings (SSSR count). The molecule has 1 aliphatic rings. The van der Waals surface area contributed by atoms with Gasteiger partial charge < -0.3 is 9.84 Å². The Morgan fingerprint density at radius 1 is 1.50 bits per heavy atom. The normalized spacial score (nSPS) is 25.3. The van der Waals surface area contributed by atoms with Crippen LogP contribution in [0.4, 0.5) is 0 Å². The molecule has 2 atom stereocenters. The maximum Gasteiger partial charge on any atom is 0.160 e. The first kappa shape index (κ1) is 11.5. The largest absolute Gasteiger partial charge is 0.493 e. The number of rotatable bonds is 3. The van der Waals surface area contributed by atoms with E-state index in [4.69, 9.17) is 4.74 Å². The lowest BCUT2D eigenvalue weighted by Gasteiger charge is -2.17. The van der Waals surface area contributed by atoms with Gasteiger partial charge in [-0.2, -0.15) is 5.10 Å². The van der Waals surface area contributed by atoms with Crippen molar-refractivity contribution in [2.45, 2.75) is 51.2 Å². The van der Waals surface area contributed by atoms with Crippen molar-refractivity contribution in [3.63, 3.8) is 0 Å². The quantitative estimate of drug-likeness (QED) is 0.855. The number of aliphatic hydroxyl groups excluding tert-OH is 1. The summed E-state index contributed by atoms with van der Waals surface area (Å²) in [6.45, 7) is 4.22. The van der Waals surface area contributed by atoms with Crippen LogP contribution in [0, 0.1) is 0 Å². The van der Waals surface area contributed by atoms with Gasteiger partial charge in [0.05, 0.1) is 25.1 Å². The Balaban J connectivity index is 2.32. The van der Waals surface area contributed by atoms with Gasteiger partial charge in [-0.05, 0) is 33.1 Å². The van der Waals surface area contributed by atoms with Gasteiger partial charge >= 0.3 is 0 Å². The molecule has 1 N–H and O–H groups in total. The zero-order valence-corrected chi connectivity index (χ0v) is 10.2. The minimum atomic E-state index is -0.162. The summed E-state index contributed by atoms with van der Waals surface area (Å²) in [5.74, 6) is 1.24. The van der Waals surface area contributed by atoms with Gasteiger partial charge in [-0.15, -0.1) is 0 Å². The van der Waals surface area contributed by atoms with Crippen LogP contribution in [0.3, 0.4) is 0 Å². The molecule has 2 unspecified atom stereocenters. The Kier molecular flexibility index (Phi) is 3.19. The number of nitrogens with zero attached hydrogens (tertiary/aromatic N) is 2. The molecule has 90 valence electrons. The van der Waals surface area contributed by atoms with E-state index in [0.717, 1.165) is 30.7 Å². The van der Waals surface area contributed by atoms with E-state index in [-0.39, 0.29) is 6.10 Å². The van der Waals surface area contributed by atoms with Crippen molar-refractivity contribution < 1.29 is 9.84 Å². The van der Waals surface area contributed by atoms with Gasteiger partial charge in [-0.1, -0.05) is 0 Å². The molecule has 1 aliphatic carbocycles. The summed E-state index contributed by atoms with van der Waals surface area (Å²) in [4.78, 5) is 0. The number of hydrogen-bond donors (Lipinski definition) is 1. The Hall–Kier alpha value is -1.03. The molecule has 0 bridgehead atoms. The van der Waals surface area contributed by atoms with E-state index >= 15 is 0 Å². The van der Waals surface area contributed by atoms with Crippen LogP contribution in [0.15, 0.2) is 6.20 Å². The van der Waals surface area contributed by atoms with Crippen LogP contribution in [-0.2, 0) is 0 Å². The first-order chi connectivity index (χ1) is 7.63. The Morgan fingerprint density at radius 2 is 2.25 bits per heavy atom. The maximum absolute atomic E-state index is 9.62. The summed E-state index contributed by atoms with van der Waals surface area (Å²) in [6, 6.07) is 0.330. The third-order valence-corrected chi connectivity index (χ3v) is 3.30. The van der Waals surface area contributed by atoms with E-state index in [0.29, 0.717) is 12.0 Å². The molecule has 16 heavy (non-hydrogen) atoms. The van der Waals surface area contributed by atoms with Gasteiger partial charge in [0.15, 0.2) is 5.75 Å². The average Bonchev–Trinajstić information content (AvgIpc) is 2.82. The van der Waals surface area contributed by atoms with Gasteiger partial charge in [0.1, 0.15) is 0 Å². The van der Waals surface area contributed by atoms with Crippen LogP contribution in [0.25, 0.3) is 0 Å². The molecule has 4 nitrogen and oxygen atoms in total. The maximum atomic E-state index is 9.62. The molecule has 0 saturated heterocycles. The molecule has 4 heteroatoms. The zero-order chi connectivity index (χ0) is 11.7. The second kappa shape index (κ2) is 4.45. The van der Waals surface area contributed by atoms with Crippen molar-refractivity contribution >= 4 is 0 Å². The van der Waals surface area contributed by atoms with Gasteiger partial charge in [-0.25, -0.2) is 0 Å². The van der Waals surface area contributed by atoms with Crippen LogP contribution in [0.1, 0.15) is 50.8 Å². The molecule has 0 radical (unpaired) electrons. The van der Waals surface area contributed by atoms with Crippen molar-refractivity contribution in [3.05, 3.63) is 11.9 Å². The number of hydrogen-bond acceptors (Lipinski definition) is 3. The Labute approximate surface area is 96.2 Å². The van der Waals surface area contributed by atoms with Crippen LogP contribution < -0.4 is 4.74 Å². The highest BCUT2D eigenvalue weighted by Crippen LogP contribution is 2.39. The predicted molar refractivity (Wildman–Crippen MR) is 61.8 cm³/mol. The second-order valence-corrected chi connectivity index (χ2v) is 4.80. The van der Waals surface area contributed by atoms with Crippen molar-refractivity contribution in [3.8, 4) is 5.75 Å². The second-order valence-electron chi connectivity index (χ2n) is 4.80. The fourth-order valence-electron chi connectivity index (χ4n) is 2.52. The van der Waals surface area contributed by atoms with E-state index in [1.807, 2.05) is 4.68 Å². The smallest absolute Gasteiger partial charge is 0.160 e. The van der Waals surface area contributed by atoms with Crippen molar-refractivity contribution in [1.29, 1.82) is 0 Å². The summed E-state index contributed by atoms with van der Waals surface area (Å²) in [7, 11) is 1.68. The Bertz CT molecular complexity index is 360. The third-order valence-electron chi connectivity index (χ3n) is 3.30. The SMILES string of the molecule is COc1cnn(C(C)C)c1C1CCC(O)C1. The minimum Gasteiger partial charge on any atom is -0.493 e. The number of ether oxygens (including phenoxy) is 1. The van der Waals surface area contributed by atoms with E-state index in [1.165, 1.54) is 0 Å². The first-order valence-electron chi connectivity index (χ1n) is 5.93. The molecule has 0 spiro atoms. The van der Waals surface area contributed by atoms with Crippen LogP contribution in [0.5, 0.6) is 5.75 Å². The summed E-state index contributed by atoms with van der Waals surface area (Å²) in [5.41, 5.74) is 1.15. The van der Waals surface area contributed by atoms with Gasteiger partial charge in [-0.3, -0.25) is 4.68 Å². The molecule has 1 saturated carbocycles. The lowest BCUT2D eigenvalue weighted by molar-refractivity contribution is 0.180. The standard InChI is InChI=1S/C12H20N2O2/c1-8(2)14-12(11(16-3)7-13-14)9-4-5-10(15)6-9/h7-10,15H,4-6H2,1-3H3. The Morgan fingerprint density at radius 3 is 2.75 bits per heavy atom. The first-order valence-corrected chi connectivity index (χ1v) is 5.93. The molecule has 1 aromatic rings. The zero-order valence-electron chi connectivity index (χ0n) is 10.2. The van der Waals surface area contributed by atoms with Crippen LogP contribution >= 0.6 is 0 Å². The lowest BCUT2D eigenvalue weighted by Crippen LogP contribution is -2.11. The number of aromatic nitrogens is 2. The predicted octanol–water partition coefficient (Wildman–Crippen LogP) is 2.10. The molecule has 1 heterocycles. The van der Waals surface area contributed by atoms with E-state index in [9.17, 15) is 5.11 Å². The molecular formula is C12H20N2O2. The summed E-state index contributed by atoms with van der Waals surface area (Å²) in [6.07, 6.45) is 4.35. The average molecular weight is 224 g/mol. The molecule has 0 amide bonds. The number of aliphatic hydroxyl groups is 1. The minimum absolute atomic E-state index is 0.162. The molecule has 0 aromatic carbocycles. The highest BCUT2D eigenvalue weighted by Gasteiger charge is 2.30.